The SMILES string of the molecule is [2H]c1c([2H])c([2H])c(N(c2ccccc2)c2ccc3c(c2)C2(c4ccccc4-c4cc(N(c5ccccc5)c5ccc6c(c5)c5ccccc5n6C)ccc42)c2ccccc2-3)c([2H])c1[2H]. The largest absolute Gasteiger partial charge is 0.344 e. The Morgan fingerprint density at radius 1 is 0.373 bits per heavy atom. The van der Waals surface area contributed by atoms with Crippen molar-refractivity contribution in [1.29, 1.82) is 0 Å². The van der Waals surface area contributed by atoms with Crippen molar-refractivity contribution in [3.8, 4) is 22.3 Å². The Balaban J connectivity index is 1.10. The van der Waals surface area contributed by atoms with Gasteiger partial charge in [0.05, 0.1) is 12.3 Å². The molecule has 59 heavy (non-hydrogen) atoms. The van der Waals surface area contributed by atoms with Gasteiger partial charge in [0, 0.05) is 63.0 Å². The summed E-state index contributed by atoms with van der Waals surface area (Å²) in [5.41, 5.74) is 15.4. The van der Waals surface area contributed by atoms with Gasteiger partial charge in [-0.15, -0.1) is 0 Å². The number of nitrogens with zero attached hydrogens (tertiary/aromatic N) is 3. The molecule has 0 N–H and O–H groups in total. The molecule has 0 bridgehead atoms. The molecule has 0 aliphatic heterocycles. The van der Waals surface area contributed by atoms with Crippen molar-refractivity contribution >= 4 is 55.9 Å². The number of aryl methyl sites for hydroxylation is 1. The molecule has 1 atom stereocenters. The summed E-state index contributed by atoms with van der Waals surface area (Å²) in [6.45, 7) is 0. The van der Waals surface area contributed by atoms with Crippen molar-refractivity contribution in [1.82, 2.24) is 4.57 Å². The van der Waals surface area contributed by atoms with Crippen LogP contribution in [-0.2, 0) is 12.5 Å². The lowest BCUT2D eigenvalue weighted by molar-refractivity contribution is 0.793. The molecule has 9 aromatic carbocycles. The highest BCUT2D eigenvalue weighted by Gasteiger charge is 2.52. The number of benzene rings is 9. The summed E-state index contributed by atoms with van der Waals surface area (Å²) in [4.78, 5) is 4.16. The Morgan fingerprint density at radius 3 is 1.61 bits per heavy atom. The number of fused-ring (bicyclic) bond motifs is 13. The molecule has 1 heterocycles. The molecule has 1 unspecified atom stereocenters. The Kier molecular flexibility index (Phi) is 6.31. The summed E-state index contributed by atoms with van der Waals surface area (Å²) in [6, 6.07) is 64.3. The van der Waals surface area contributed by atoms with Gasteiger partial charge in [0.15, 0.2) is 0 Å². The lowest BCUT2D eigenvalue weighted by Gasteiger charge is -2.32. The maximum absolute atomic E-state index is 9.11. The van der Waals surface area contributed by atoms with Crippen LogP contribution in [0.3, 0.4) is 0 Å². The number of aromatic nitrogens is 1. The van der Waals surface area contributed by atoms with E-state index in [0.29, 0.717) is 11.4 Å². The molecule has 2 aliphatic carbocycles. The van der Waals surface area contributed by atoms with Gasteiger partial charge in [-0.1, -0.05) is 133 Å². The fourth-order valence-corrected chi connectivity index (χ4v) is 10.1. The number of rotatable bonds is 6. The van der Waals surface area contributed by atoms with Crippen LogP contribution in [-0.4, -0.2) is 4.57 Å². The number of hydrogen-bond donors (Lipinski definition) is 0. The minimum atomic E-state index is -0.714. The van der Waals surface area contributed by atoms with Gasteiger partial charge in [0.25, 0.3) is 0 Å². The Bertz CT molecular complexity index is 3520. The van der Waals surface area contributed by atoms with E-state index in [9.17, 15) is 0 Å². The number of para-hydroxylation sites is 4. The van der Waals surface area contributed by atoms with Crippen LogP contribution in [0.15, 0.2) is 218 Å². The van der Waals surface area contributed by atoms with Gasteiger partial charge in [-0.05, 0) is 129 Å². The van der Waals surface area contributed by atoms with E-state index in [4.69, 9.17) is 6.85 Å². The zero-order valence-corrected chi connectivity index (χ0v) is 32.2. The monoisotopic (exact) mass is 758 g/mol. The molecule has 2 aliphatic rings. The summed E-state index contributed by atoms with van der Waals surface area (Å²) in [6.07, 6.45) is 0. The Labute approximate surface area is 351 Å². The van der Waals surface area contributed by atoms with E-state index in [1.807, 2.05) is 41.3 Å². The maximum Gasteiger partial charge on any atom is 0.0726 e. The predicted molar refractivity (Wildman–Crippen MR) is 246 cm³/mol. The normalized spacial score (nSPS) is 15.8. The van der Waals surface area contributed by atoms with Gasteiger partial charge >= 0.3 is 0 Å². The minimum Gasteiger partial charge on any atom is -0.344 e. The number of anilines is 6. The average Bonchev–Trinajstić information content (AvgIpc) is 3.92. The second kappa shape index (κ2) is 13.0. The van der Waals surface area contributed by atoms with Gasteiger partial charge in [-0.2, -0.15) is 0 Å². The lowest BCUT2D eigenvalue weighted by Crippen LogP contribution is -2.26. The average molecular weight is 759 g/mol. The first-order valence-electron chi connectivity index (χ1n) is 22.5. The van der Waals surface area contributed by atoms with Crippen molar-refractivity contribution in [3.05, 3.63) is 241 Å². The zero-order valence-electron chi connectivity index (χ0n) is 37.2. The van der Waals surface area contributed by atoms with Crippen molar-refractivity contribution in [2.45, 2.75) is 5.41 Å². The zero-order chi connectivity index (χ0) is 43.4. The first kappa shape index (κ1) is 28.7. The van der Waals surface area contributed by atoms with Crippen molar-refractivity contribution < 1.29 is 6.85 Å². The van der Waals surface area contributed by atoms with E-state index in [2.05, 4.69) is 168 Å². The minimum absolute atomic E-state index is 0.0984. The molecule has 0 saturated carbocycles. The topological polar surface area (TPSA) is 11.4 Å². The van der Waals surface area contributed by atoms with E-state index in [1.54, 1.807) is 0 Å². The molecule has 12 rings (SSSR count). The summed E-state index contributed by atoms with van der Waals surface area (Å²) < 4.78 is 46.2. The molecule has 3 nitrogen and oxygen atoms in total. The Hall–Kier alpha value is -7.62. The van der Waals surface area contributed by atoms with Crippen LogP contribution in [0.2, 0.25) is 0 Å². The first-order valence-corrected chi connectivity index (χ1v) is 20.0. The van der Waals surface area contributed by atoms with Crippen molar-refractivity contribution in [2.24, 2.45) is 7.05 Å². The van der Waals surface area contributed by atoms with E-state index in [1.165, 1.54) is 32.9 Å². The molecule has 0 saturated heterocycles. The third-order valence-electron chi connectivity index (χ3n) is 12.5. The smallest absolute Gasteiger partial charge is 0.0726 e. The molecule has 3 heteroatoms. The Morgan fingerprint density at radius 2 is 0.881 bits per heavy atom. The first-order chi connectivity index (χ1) is 31.3. The fraction of sp³-hybridized carbons (Fsp3) is 0.0357. The molecule has 1 spiro atoms. The van der Waals surface area contributed by atoms with E-state index >= 15 is 0 Å². The molecule has 0 fully saturated rings. The summed E-state index contributed by atoms with van der Waals surface area (Å²) in [7, 11) is 2.13. The molecule has 10 aromatic rings. The molecule has 1 aromatic heterocycles. The second-order valence-electron chi connectivity index (χ2n) is 15.4. The molecule has 0 radical (unpaired) electrons. The third-order valence-corrected chi connectivity index (χ3v) is 12.5. The van der Waals surface area contributed by atoms with Crippen molar-refractivity contribution in [2.75, 3.05) is 9.80 Å². The van der Waals surface area contributed by atoms with Crippen LogP contribution < -0.4 is 9.80 Å². The van der Waals surface area contributed by atoms with Crippen LogP contribution in [0, 0.1) is 0 Å². The molecule has 0 amide bonds. The van der Waals surface area contributed by atoms with Gasteiger partial charge in [-0.3, -0.25) is 0 Å². The number of hydrogen-bond acceptors (Lipinski definition) is 2. The van der Waals surface area contributed by atoms with Crippen LogP contribution >= 0.6 is 0 Å². The van der Waals surface area contributed by atoms with E-state index in [0.717, 1.165) is 50.4 Å². The maximum atomic E-state index is 9.11. The highest BCUT2D eigenvalue weighted by atomic mass is 15.1. The fourth-order valence-electron chi connectivity index (χ4n) is 10.1. The molecule has 278 valence electrons. The van der Waals surface area contributed by atoms with Gasteiger partial charge < -0.3 is 14.4 Å². The van der Waals surface area contributed by atoms with Crippen molar-refractivity contribution in [3.63, 3.8) is 0 Å². The van der Waals surface area contributed by atoms with Gasteiger partial charge in [-0.25, -0.2) is 0 Å². The van der Waals surface area contributed by atoms with Crippen LogP contribution in [0.25, 0.3) is 44.1 Å². The van der Waals surface area contributed by atoms with Crippen LogP contribution in [0.5, 0.6) is 0 Å². The van der Waals surface area contributed by atoms with Gasteiger partial charge in [0.1, 0.15) is 0 Å². The highest BCUT2D eigenvalue weighted by Crippen LogP contribution is 2.64. The predicted octanol–water partition coefficient (Wildman–Crippen LogP) is 14.6. The van der Waals surface area contributed by atoms with E-state index < -0.39 is 11.5 Å². The van der Waals surface area contributed by atoms with Crippen LogP contribution in [0.4, 0.5) is 34.1 Å². The van der Waals surface area contributed by atoms with E-state index in [-0.39, 0.29) is 29.9 Å². The summed E-state index contributed by atoms with van der Waals surface area (Å²) in [5.74, 6) is 0. The lowest BCUT2D eigenvalue weighted by atomic mass is 9.70. The quantitative estimate of drug-likeness (QED) is 0.167. The highest BCUT2D eigenvalue weighted by molar-refractivity contribution is 6.09. The van der Waals surface area contributed by atoms with Gasteiger partial charge in [0.2, 0.25) is 0 Å². The summed E-state index contributed by atoms with van der Waals surface area (Å²) in [5, 5.41) is 2.42. The van der Waals surface area contributed by atoms with Crippen LogP contribution in [0.1, 0.15) is 29.1 Å². The second-order valence-corrected chi connectivity index (χ2v) is 15.4. The molecular formula is C56H39N3. The summed E-state index contributed by atoms with van der Waals surface area (Å²) >= 11 is 0. The standard InChI is InChI=1S/C56H39N3/c1-57-54-28-16-13-25-47(54)49-36-42(31-34-55(49)57)59(40-21-9-4-10-22-40)41-30-33-52-48(35-41)45-24-12-15-27-51(45)56(52)50-26-14-11-23-44(50)46-32-29-43(37-53(46)56)58(38-17-5-2-6-18-38)39-19-7-3-8-20-39/h2-37H,1H3/i2D,5D,6D,17D,18D. The third kappa shape index (κ3) is 4.82. The molecular weight excluding hydrogens is 715 g/mol.